The highest BCUT2D eigenvalue weighted by Gasteiger charge is 2.25. The molecule has 0 bridgehead atoms. The average molecular weight is 511 g/mol. The Balaban J connectivity index is 1.10. The van der Waals surface area contributed by atoms with Gasteiger partial charge in [-0.1, -0.05) is 30.3 Å². The van der Waals surface area contributed by atoms with Crippen molar-refractivity contribution in [2.75, 3.05) is 31.6 Å². The molecule has 194 valence electrons. The first kappa shape index (κ1) is 25.1. The third kappa shape index (κ3) is 5.88. The van der Waals surface area contributed by atoms with Crippen molar-refractivity contribution in [3.63, 3.8) is 0 Å². The number of hydrogen-bond acceptors (Lipinski definition) is 7. The summed E-state index contributed by atoms with van der Waals surface area (Å²) in [5, 5.41) is 16.2. The molecule has 9 nitrogen and oxygen atoms in total. The molecule has 1 saturated heterocycles. The number of ether oxygens (including phenoxy) is 1. The highest BCUT2D eigenvalue weighted by Crippen LogP contribution is 2.24. The topological polar surface area (TPSA) is 102 Å². The maximum atomic E-state index is 12.8. The van der Waals surface area contributed by atoms with E-state index in [0.717, 1.165) is 60.0 Å². The maximum absolute atomic E-state index is 12.8. The molecular weight excluding hydrogens is 480 g/mol. The monoisotopic (exact) mass is 510 g/mol. The Hall–Kier alpha value is -4.53. The van der Waals surface area contributed by atoms with Gasteiger partial charge in [0.05, 0.1) is 25.0 Å². The number of hydrogen-bond donors (Lipinski definition) is 1. The summed E-state index contributed by atoms with van der Waals surface area (Å²) in [6, 6.07) is 24.6. The van der Waals surface area contributed by atoms with Crippen LogP contribution in [0.5, 0.6) is 5.75 Å². The van der Waals surface area contributed by atoms with Crippen LogP contribution in [0.15, 0.2) is 83.7 Å². The Morgan fingerprint density at radius 2 is 1.61 bits per heavy atom. The van der Waals surface area contributed by atoms with E-state index in [-0.39, 0.29) is 17.4 Å². The summed E-state index contributed by atoms with van der Waals surface area (Å²) >= 11 is 0. The van der Waals surface area contributed by atoms with Crippen molar-refractivity contribution in [1.82, 2.24) is 25.3 Å². The molecule has 1 aliphatic heterocycles. The number of nitrogens with zero attached hydrogens (tertiary/aromatic N) is 5. The van der Waals surface area contributed by atoms with Gasteiger partial charge in [0.2, 0.25) is 5.91 Å². The van der Waals surface area contributed by atoms with Crippen LogP contribution in [0.2, 0.25) is 0 Å². The van der Waals surface area contributed by atoms with Crippen molar-refractivity contribution in [3.8, 4) is 28.3 Å². The summed E-state index contributed by atoms with van der Waals surface area (Å²) < 4.78 is 6.61. The van der Waals surface area contributed by atoms with E-state index in [9.17, 15) is 9.59 Å². The zero-order valence-corrected chi connectivity index (χ0v) is 21.3. The fourth-order valence-electron chi connectivity index (χ4n) is 4.58. The van der Waals surface area contributed by atoms with Crippen LogP contribution >= 0.6 is 0 Å². The predicted octanol–water partition coefficient (Wildman–Crippen LogP) is 3.41. The molecule has 1 N–H and O–H groups in total. The van der Waals surface area contributed by atoms with Gasteiger partial charge in [0.1, 0.15) is 5.75 Å². The Bertz CT molecular complexity index is 1410. The molecule has 38 heavy (non-hydrogen) atoms. The zero-order valence-electron chi connectivity index (χ0n) is 21.3. The van der Waals surface area contributed by atoms with Gasteiger partial charge in [-0.2, -0.15) is 5.10 Å². The maximum Gasteiger partial charge on any atom is 0.266 e. The highest BCUT2D eigenvalue weighted by molar-refractivity contribution is 5.79. The molecule has 0 spiro atoms. The first-order chi connectivity index (χ1) is 18.6. The second-order valence-corrected chi connectivity index (χ2v) is 9.20. The quantitative estimate of drug-likeness (QED) is 0.388. The van der Waals surface area contributed by atoms with Crippen molar-refractivity contribution in [2.45, 2.75) is 19.4 Å². The number of piperidine rings is 1. The predicted molar refractivity (Wildman–Crippen MR) is 146 cm³/mol. The molecule has 5 rings (SSSR count). The van der Waals surface area contributed by atoms with Gasteiger partial charge in [-0.15, -0.1) is 10.2 Å². The molecule has 0 radical (unpaired) electrons. The molecule has 4 aromatic rings. The summed E-state index contributed by atoms with van der Waals surface area (Å²) in [6.07, 6.45) is 1.46. The number of carbonyl (C=O) groups excluding carboxylic acids is 1. The number of benzene rings is 2. The SMILES string of the molecule is COc1ccc(-c2ccc(N3CCC(C(=O)NCCn4nc(-c5ccccc5)ccc4=O)CC3)nn2)cc1. The summed E-state index contributed by atoms with van der Waals surface area (Å²) in [7, 11) is 1.64. The molecule has 3 heterocycles. The smallest absolute Gasteiger partial charge is 0.266 e. The summed E-state index contributed by atoms with van der Waals surface area (Å²) in [5.41, 5.74) is 3.26. The van der Waals surface area contributed by atoms with Crippen LogP contribution < -0.4 is 20.5 Å². The van der Waals surface area contributed by atoms with E-state index in [2.05, 4.69) is 25.5 Å². The van der Waals surface area contributed by atoms with Crippen molar-refractivity contribution < 1.29 is 9.53 Å². The van der Waals surface area contributed by atoms with E-state index in [0.29, 0.717) is 13.1 Å². The molecule has 9 heteroatoms. The number of carbonyl (C=O) groups is 1. The van der Waals surface area contributed by atoms with Gasteiger partial charge < -0.3 is 15.0 Å². The standard InChI is InChI=1S/C29H30N6O3/c1-38-24-9-7-22(8-10-24)25-11-13-27(32-31-25)34-18-15-23(16-19-34)29(37)30-17-20-35-28(36)14-12-26(33-35)21-5-3-2-4-6-21/h2-14,23H,15-20H2,1H3,(H,30,37). The number of amides is 1. The average Bonchev–Trinajstić information content (AvgIpc) is 2.99. The minimum absolute atomic E-state index is 0.0119. The van der Waals surface area contributed by atoms with Crippen molar-refractivity contribution in [3.05, 3.63) is 89.2 Å². The van der Waals surface area contributed by atoms with Crippen molar-refractivity contribution in [2.24, 2.45) is 5.92 Å². The van der Waals surface area contributed by atoms with Crippen molar-refractivity contribution >= 4 is 11.7 Å². The van der Waals surface area contributed by atoms with E-state index in [1.807, 2.05) is 66.7 Å². The minimum Gasteiger partial charge on any atom is -0.497 e. The van der Waals surface area contributed by atoms with Crippen LogP contribution in [0.25, 0.3) is 22.5 Å². The first-order valence-electron chi connectivity index (χ1n) is 12.7. The summed E-state index contributed by atoms with van der Waals surface area (Å²) in [4.78, 5) is 27.2. The van der Waals surface area contributed by atoms with E-state index < -0.39 is 0 Å². The molecule has 1 amide bonds. The highest BCUT2D eigenvalue weighted by atomic mass is 16.5. The van der Waals surface area contributed by atoms with Gasteiger partial charge in [-0.25, -0.2) is 4.68 Å². The third-order valence-corrected chi connectivity index (χ3v) is 6.79. The summed E-state index contributed by atoms with van der Waals surface area (Å²) in [5.74, 6) is 1.55. The van der Waals surface area contributed by atoms with Crippen LogP contribution in [0, 0.1) is 5.92 Å². The van der Waals surface area contributed by atoms with Gasteiger partial charge >= 0.3 is 0 Å². The Labute approximate surface area is 221 Å². The van der Waals surface area contributed by atoms with Gasteiger partial charge in [0, 0.05) is 42.7 Å². The molecule has 0 saturated carbocycles. The van der Waals surface area contributed by atoms with E-state index in [1.165, 1.54) is 10.7 Å². The normalized spacial score (nSPS) is 13.8. The molecule has 0 aliphatic carbocycles. The molecule has 2 aromatic heterocycles. The zero-order chi connectivity index (χ0) is 26.3. The van der Waals surface area contributed by atoms with E-state index in [1.54, 1.807) is 13.2 Å². The second-order valence-electron chi connectivity index (χ2n) is 9.20. The first-order valence-corrected chi connectivity index (χ1v) is 12.7. The van der Waals surface area contributed by atoms with Gasteiger partial charge in [-0.3, -0.25) is 9.59 Å². The van der Waals surface area contributed by atoms with Crippen LogP contribution in [-0.4, -0.2) is 52.6 Å². The Kier molecular flexibility index (Phi) is 7.73. The molecule has 1 aliphatic rings. The van der Waals surface area contributed by atoms with E-state index >= 15 is 0 Å². The fraction of sp³-hybridized carbons (Fsp3) is 0.276. The Morgan fingerprint density at radius 1 is 0.895 bits per heavy atom. The molecule has 2 aromatic carbocycles. The van der Waals surface area contributed by atoms with Crippen LogP contribution in [0.1, 0.15) is 12.8 Å². The lowest BCUT2D eigenvalue weighted by atomic mass is 9.96. The number of aromatic nitrogens is 4. The lowest BCUT2D eigenvalue weighted by molar-refractivity contribution is -0.125. The number of nitrogens with one attached hydrogen (secondary N) is 1. The number of methoxy groups -OCH3 is 1. The molecular formula is C29H30N6O3. The second kappa shape index (κ2) is 11.7. The summed E-state index contributed by atoms with van der Waals surface area (Å²) in [6.45, 7) is 2.13. The largest absolute Gasteiger partial charge is 0.497 e. The van der Waals surface area contributed by atoms with Crippen LogP contribution in [-0.2, 0) is 11.3 Å². The molecule has 1 fully saturated rings. The fourth-order valence-corrected chi connectivity index (χ4v) is 4.58. The van der Waals surface area contributed by atoms with Gasteiger partial charge in [0.25, 0.3) is 5.56 Å². The van der Waals surface area contributed by atoms with Crippen LogP contribution in [0.3, 0.4) is 0 Å². The van der Waals surface area contributed by atoms with Gasteiger partial charge in [-0.05, 0) is 55.3 Å². The molecule has 0 unspecified atom stereocenters. The number of rotatable bonds is 8. The minimum atomic E-state index is -0.189. The van der Waals surface area contributed by atoms with E-state index in [4.69, 9.17) is 4.74 Å². The molecule has 0 atom stereocenters. The van der Waals surface area contributed by atoms with Gasteiger partial charge in [0.15, 0.2) is 5.82 Å². The Morgan fingerprint density at radius 3 is 2.29 bits per heavy atom. The van der Waals surface area contributed by atoms with Crippen LogP contribution in [0.4, 0.5) is 5.82 Å². The lowest BCUT2D eigenvalue weighted by Gasteiger charge is -2.31. The third-order valence-electron chi connectivity index (χ3n) is 6.79. The lowest BCUT2D eigenvalue weighted by Crippen LogP contribution is -2.42. The number of anilines is 1. The van der Waals surface area contributed by atoms with Crippen molar-refractivity contribution in [1.29, 1.82) is 0 Å².